The first kappa shape index (κ1) is 14.4. The van der Waals surface area contributed by atoms with E-state index in [-0.39, 0.29) is 4.90 Å². The predicted molar refractivity (Wildman–Crippen MR) is 76.8 cm³/mol. The molecule has 2 heterocycles. The van der Waals surface area contributed by atoms with Crippen molar-refractivity contribution >= 4 is 15.8 Å². The van der Waals surface area contributed by atoms with Crippen LogP contribution in [0.2, 0.25) is 0 Å². The summed E-state index contributed by atoms with van der Waals surface area (Å²) in [5, 5.41) is 3.10. The molecule has 0 amide bonds. The van der Waals surface area contributed by atoms with Gasteiger partial charge in [-0.05, 0) is 38.2 Å². The lowest BCUT2D eigenvalue weighted by Gasteiger charge is -2.07. The van der Waals surface area contributed by atoms with E-state index in [4.69, 9.17) is 0 Å². The number of nitrogens with zero attached hydrogens (tertiary/aromatic N) is 2. The number of sulfonamides is 1. The highest BCUT2D eigenvalue weighted by Gasteiger charge is 2.11. The molecule has 2 rings (SSSR count). The number of pyridine rings is 2. The van der Waals surface area contributed by atoms with Gasteiger partial charge in [0.25, 0.3) is 0 Å². The topological polar surface area (TPSA) is 84.0 Å². The van der Waals surface area contributed by atoms with Crippen LogP contribution < -0.4 is 10.0 Å². The second-order valence-corrected chi connectivity index (χ2v) is 6.10. The van der Waals surface area contributed by atoms with Gasteiger partial charge in [-0.1, -0.05) is 6.07 Å². The van der Waals surface area contributed by atoms with Crippen molar-refractivity contribution in [3.8, 4) is 0 Å². The highest BCUT2D eigenvalue weighted by atomic mass is 32.2. The second kappa shape index (κ2) is 5.98. The number of hydrogen-bond donors (Lipinski definition) is 2. The monoisotopic (exact) mass is 292 g/mol. The van der Waals surface area contributed by atoms with Gasteiger partial charge in [0.05, 0.1) is 12.2 Å². The minimum absolute atomic E-state index is 0.138. The van der Waals surface area contributed by atoms with Gasteiger partial charge in [-0.15, -0.1) is 0 Å². The molecule has 0 unspecified atom stereocenters. The van der Waals surface area contributed by atoms with E-state index < -0.39 is 10.0 Å². The Hall–Kier alpha value is -1.99. The van der Waals surface area contributed by atoms with Crippen LogP contribution in [-0.4, -0.2) is 25.4 Å². The molecule has 2 aromatic rings. The molecule has 0 spiro atoms. The van der Waals surface area contributed by atoms with Crippen LogP contribution in [0.5, 0.6) is 0 Å². The maximum Gasteiger partial charge on any atom is 0.241 e. The number of nitrogens with one attached hydrogen (secondary N) is 2. The third-order valence-corrected chi connectivity index (χ3v) is 4.11. The molecule has 7 heteroatoms. The molecule has 0 fully saturated rings. The zero-order chi connectivity index (χ0) is 14.6. The van der Waals surface area contributed by atoms with Crippen molar-refractivity contribution in [2.24, 2.45) is 0 Å². The van der Waals surface area contributed by atoms with Crippen molar-refractivity contribution in [1.29, 1.82) is 0 Å². The zero-order valence-corrected chi connectivity index (χ0v) is 12.1. The molecular weight excluding hydrogens is 276 g/mol. The molecule has 0 aliphatic heterocycles. The molecular formula is C13H16N4O2S. The van der Waals surface area contributed by atoms with Gasteiger partial charge in [0.2, 0.25) is 10.0 Å². The fourth-order valence-electron chi connectivity index (χ4n) is 1.64. The van der Waals surface area contributed by atoms with Crippen LogP contribution in [0.3, 0.4) is 0 Å². The molecule has 6 nitrogen and oxygen atoms in total. The second-order valence-electron chi connectivity index (χ2n) is 4.21. The SMILES string of the molecule is CNS(=O)(=O)c1ccc(NCc2cccc(C)n2)nc1. The minimum atomic E-state index is -3.44. The van der Waals surface area contributed by atoms with E-state index >= 15 is 0 Å². The number of anilines is 1. The normalized spacial score (nSPS) is 11.3. The number of hydrogen-bond acceptors (Lipinski definition) is 5. The van der Waals surface area contributed by atoms with Crippen molar-refractivity contribution in [3.05, 3.63) is 47.9 Å². The van der Waals surface area contributed by atoms with Gasteiger partial charge in [0, 0.05) is 11.9 Å². The number of rotatable bonds is 5. The molecule has 0 aliphatic carbocycles. The van der Waals surface area contributed by atoms with Crippen LogP contribution in [0.4, 0.5) is 5.82 Å². The summed E-state index contributed by atoms with van der Waals surface area (Å²) in [7, 11) is -2.07. The third kappa shape index (κ3) is 3.52. The predicted octanol–water partition coefficient (Wildman–Crippen LogP) is 1.31. The summed E-state index contributed by atoms with van der Waals surface area (Å²) in [5.74, 6) is 0.600. The van der Waals surface area contributed by atoms with Crippen LogP contribution in [0, 0.1) is 6.92 Å². The first-order valence-electron chi connectivity index (χ1n) is 6.07. The molecule has 106 valence electrons. The summed E-state index contributed by atoms with van der Waals surface area (Å²) in [5.41, 5.74) is 1.85. The van der Waals surface area contributed by atoms with Crippen LogP contribution in [0.1, 0.15) is 11.4 Å². The van der Waals surface area contributed by atoms with Gasteiger partial charge in [0.15, 0.2) is 0 Å². The number of aryl methyl sites for hydroxylation is 1. The molecule has 0 aliphatic rings. The lowest BCUT2D eigenvalue weighted by Crippen LogP contribution is -2.18. The average Bonchev–Trinajstić information content (AvgIpc) is 2.46. The quantitative estimate of drug-likeness (QED) is 0.868. The van der Waals surface area contributed by atoms with Gasteiger partial charge < -0.3 is 5.32 Å². The van der Waals surface area contributed by atoms with E-state index in [1.165, 1.54) is 19.3 Å². The molecule has 0 saturated carbocycles. The summed E-state index contributed by atoms with van der Waals surface area (Å²) in [6.45, 7) is 2.46. The molecule has 0 bridgehead atoms. The molecule has 0 saturated heterocycles. The lowest BCUT2D eigenvalue weighted by atomic mass is 10.3. The summed E-state index contributed by atoms with van der Waals surface area (Å²) in [6.07, 6.45) is 1.32. The van der Waals surface area contributed by atoms with Gasteiger partial charge in [-0.2, -0.15) is 0 Å². The Morgan fingerprint density at radius 1 is 1.20 bits per heavy atom. The van der Waals surface area contributed by atoms with Crippen LogP contribution in [0.15, 0.2) is 41.4 Å². The fourth-order valence-corrected chi connectivity index (χ4v) is 2.32. The molecule has 2 N–H and O–H groups in total. The average molecular weight is 292 g/mol. The van der Waals surface area contributed by atoms with Crippen molar-refractivity contribution < 1.29 is 8.42 Å². The number of aromatic nitrogens is 2. The summed E-state index contributed by atoms with van der Waals surface area (Å²) < 4.78 is 25.3. The Balaban J connectivity index is 2.05. The standard InChI is InChI=1S/C13H16N4O2S/c1-10-4-3-5-11(17-10)8-15-13-7-6-12(9-16-13)20(18,19)14-2/h3-7,9,14H,8H2,1-2H3,(H,15,16). The first-order valence-corrected chi connectivity index (χ1v) is 7.55. The Morgan fingerprint density at radius 2 is 2.00 bits per heavy atom. The molecule has 20 heavy (non-hydrogen) atoms. The highest BCUT2D eigenvalue weighted by Crippen LogP contribution is 2.11. The van der Waals surface area contributed by atoms with Crippen LogP contribution in [0.25, 0.3) is 0 Å². The Labute approximate surface area is 118 Å². The summed E-state index contributed by atoms with van der Waals surface area (Å²) in [4.78, 5) is 8.57. The van der Waals surface area contributed by atoms with Crippen LogP contribution >= 0.6 is 0 Å². The smallest absolute Gasteiger partial charge is 0.241 e. The Kier molecular flexibility index (Phi) is 4.31. The van der Waals surface area contributed by atoms with E-state index in [2.05, 4.69) is 20.0 Å². The largest absolute Gasteiger partial charge is 0.364 e. The van der Waals surface area contributed by atoms with Crippen molar-refractivity contribution in [2.45, 2.75) is 18.4 Å². The van der Waals surface area contributed by atoms with E-state index in [0.29, 0.717) is 12.4 Å². The van der Waals surface area contributed by atoms with E-state index in [1.807, 2.05) is 25.1 Å². The summed E-state index contributed by atoms with van der Waals surface area (Å²) >= 11 is 0. The highest BCUT2D eigenvalue weighted by molar-refractivity contribution is 7.89. The van der Waals surface area contributed by atoms with Gasteiger partial charge in [0.1, 0.15) is 10.7 Å². The molecule has 2 aromatic heterocycles. The van der Waals surface area contributed by atoms with Gasteiger partial charge in [-0.25, -0.2) is 18.1 Å². The van der Waals surface area contributed by atoms with Gasteiger partial charge >= 0.3 is 0 Å². The first-order chi connectivity index (χ1) is 9.51. The zero-order valence-electron chi connectivity index (χ0n) is 11.3. The Morgan fingerprint density at radius 3 is 2.60 bits per heavy atom. The molecule has 0 atom stereocenters. The maximum atomic E-state index is 11.5. The van der Waals surface area contributed by atoms with E-state index in [1.54, 1.807) is 6.07 Å². The van der Waals surface area contributed by atoms with Crippen molar-refractivity contribution in [3.63, 3.8) is 0 Å². The molecule has 0 radical (unpaired) electrons. The van der Waals surface area contributed by atoms with Crippen molar-refractivity contribution in [1.82, 2.24) is 14.7 Å². The van der Waals surface area contributed by atoms with Crippen LogP contribution in [-0.2, 0) is 16.6 Å². The minimum Gasteiger partial charge on any atom is -0.364 e. The summed E-state index contributed by atoms with van der Waals surface area (Å²) in [6, 6.07) is 8.92. The van der Waals surface area contributed by atoms with E-state index in [0.717, 1.165) is 11.4 Å². The van der Waals surface area contributed by atoms with Crippen molar-refractivity contribution in [2.75, 3.05) is 12.4 Å². The van der Waals surface area contributed by atoms with E-state index in [9.17, 15) is 8.42 Å². The fraction of sp³-hybridized carbons (Fsp3) is 0.231. The third-order valence-electron chi connectivity index (χ3n) is 2.71. The lowest BCUT2D eigenvalue weighted by molar-refractivity contribution is 0.588. The maximum absolute atomic E-state index is 11.5. The molecule has 0 aromatic carbocycles. The Bertz CT molecular complexity index is 684. The van der Waals surface area contributed by atoms with Gasteiger partial charge in [-0.3, -0.25) is 4.98 Å².